The SMILES string of the molecule is O=C=C1C(C=O)=CC=CN1Cc1ccccc1. The highest BCUT2D eigenvalue weighted by atomic mass is 16.1. The quantitative estimate of drug-likeness (QED) is 0.582. The molecular formula is C14H11NO2. The van der Waals surface area contributed by atoms with Gasteiger partial charge in [0.1, 0.15) is 5.70 Å². The molecule has 0 aliphatic carbocycles. The fraction of sp³-hybridized carbons (Fsp3) is 0.0714. The first-order chi connectivity index (χ1) is 8.35. The third-order valence-electron chi connectivity index (χ3n) is 2.52. The summed E-state index contributed by atoms with van der Waals surface area (Å²) in [4.78, 5) is 23.4. The summed E-state index contributed by atoms with van der Waals surface area (Å²) in [7, 11) is 0. The van der Waals surface area contributed by atoms with Crippen LogP contribution in [0.3, 0.4) is 0 Å². The molecule has 0 spiro atoms. The number of carbonyl (C=O) groups excluding carboxylic acids is 2. The van der Waals surface area contributed by atoms with E-state index < -0.39 is 0 Å². The Labute approximate surface area is 99.4 Å². The summed E-state index contributed by atoms with van der Waals surface area (Å²) in [5.74, 6) is 1.82. The highest BCUT2D eigenvalue weighted by molar-refractivity contribution is 5.86. The molecule has 1 aromatic rings. The van der Waals surface area contributed by atoms with Crippen LogP contribution in [0.5, 0.6) is 0 Å². The summed E-state index contributed by atoms with van der Waals surface area (Å²) in [6, 6.07) is 9.74. The zero-order valence-electron chi connectivity index (χ0n) is 9.17. The highest BCUT2D eigenvalue weighted by Gasteiger charge is 2.15. The van der Waals surface area contributed by atoms with E-state index in [1.807, 2.05) is 36.3 Å². The number of rotatable bonds is 3. The summed E-state index contributed by atoms with van der Waals surface area (Å²) >= 11 is 0. The van der Waals surface area contributed by atoms with E-state index in [0.717, 1.165) is 5.56 Å². The van der Waals surface area contributed by atoms with Crippen LogP contribution in [0.15, 0.2) is 60.0 Å². The van der Waals surface area contributed by atoms with Crippen LogP contribution in [-0.4, -0.2) is 17.1 Å². The minimum absolute atomic E-state index is 0.284. The Morgan fingerprint density at radius 2 is 2.00 bits per heavy atom. The molecule has 84 valence electrons. The summed E-state index contributed by atoms with van der Waals surface area (Å²) in [5, 5.41) is 0. The van der Waals surface area contributed by atoms with E-state index in [0.29, 0.717) is 18.4 Å². The number of carbonyl (C=O) groups is 1. The third-order valence-corrected chi connectivity index (χ3v) is 2.52. The molecule has 0 unspecified atom stereocenters. The largest absolute Gasteiger partial charge is 0.334 e. The molecule has 0 aromatic heterocycles. The van der Waals surface area contributed by atoms with Gasteiger partial charge in [0.2, 0.25) is 0 Å². The Kier molecular flexibility index (Phi) is 3.34. The lowest BCUT2D eigenvalue weighted by Crippen LogP contribution is -2.20. The number of allylic oxidation sites excluding steroid dienone is 3. The van der Waals surface area contributed by atoms with Gasteiger partial charge < -0.3 is 4.90 Å². The molecule has 1 aliphatic heterocycles. The van der Waals surface area contributed by atoms with E-state index in [2.05, 4.69) is 0 Å². The monoisotopic (exact) mass is 225 g/mol. The average Bonchev–Trinajstić information content (AvgIpc) is 2.39. The van der Waals surface area contributed by atoms with Gasteiger partial charge in [-0.05, 0) is 17.7 Å². The van der Waals surface area contributed by atoms with Crippen molar-refractivity contribution in [2.24, 2.45) is 0 Å². The lowest BCUT2D eigenvalue weighted by Gasteiger charge is -2.23. The minimum Gasteiger partial charge on any atom is -0.334 e. The number of nitrogens with zero attached hydrogens (tertiary/aromatic N) is 1. The maximum absolute atomic E-state index is 10.9. The van der Waals surface area contributed by atoms with E-state index in [-0.39, 0.29) is 5.70 Å². The first-order valence-corrected chi connectivity index (χ1v) is 5.25. The van der Waals surface area contributed by atoms with Crippen molar-refractivity contribution in [3.63, 3.8) is 0 Å². The molecule has 3 heteroatoms. The van der Waals surface area contributed by atoms with Crippen molar-refractivity contribution < 1.29 is 9.59 Å². The Morgan fingerprint density at radius 1 is 1.24 bits per heavy atom. The predicted octanol–water partition coefficient (Wildman–Crippen LogP) is 1.86. The van der Waals surface area contributed by atoms with Crippen LogP contribution in [0.2, 0.25) is 0 Å². The summed E-state index contributed by atoms with van der Waals surface area (Å²) in [6.07, 6.45) is 5.78. The molecule has 0 saturated carbocycles. The van der Waals surface area contributed by atoms with Crippen LogP contribution in [0.1, 0.15) is 5.56 Å². The first kappa shape index (κ1) is 11.1. The maximum atomic E-state index is 10.9. The molecule has 0 N–H and O–H groups in total. The van der Waals surface area contributed by atoms with Crippen LogP contribution >= 0.6 is 0 Å². The summed E-state index contributed by atoms with van der Waals surface area (Å²) in [6.45, 7) is 0.549. The van der Waals surface area contributed by atoms with E-state index in [9.17, 15) is 9.59 Å². The van der Waals surface area contributed by atoms with E-state index in [4.69, 9.17) is 0 Å². The molecule has 1 heterocycles. The molecule has 0 bridgehead atoms. The van der Waals surface area contributed by atoms with Gasteiger partial charge in [-0.2, -0.15) is 0 Å². The normalized spacial score (nSPS) is 14.2. The number of hydrogen-bond donors (Lipinski definition) is 0. The Morgan fingerprint density at radius 3 is 2.65 bits per heavy atom. The van der Waals surface area contributed by atoms with Crippen molar-refractivity contribution in [1.29, 1.82) is 0 Å². The van der Waals surface area contributed by atoms with E-state index >= 15 is 0 Å². The van der Waals surface area contributed by atoms with Crippen molar-refractivity contribution >= 4 is 12.2 Å². The molecule has 2 rings (SSSR count). The fourth-order valence-corrected chi connectivity index (χ4v) is 1.69. The second-order valence-electron chi connectivity index (χ2n) is 3.65. The zero-order valence-corrected chi connectivity index (χ0v) is 9.17. The molecule has 0 atom stereocenters. The van der Waals surface area contributed by atoms with Gasteiger partial charge in [-0.15, -0.1) is 0 Å². The lowest BCUT2D eigenvalue weighted by atomic mass is 10.1. The Hall–Kier alpha value is -2.38. The second kappa shape index (κ2) is 5.10. The number of benzene rings is 1. The molecule has 0 radical (unpaired) electrons. The van der Waals surface area contributed by atoms with Gasteiger partial charge >= 0.3 is 0 Å². The van der Waals surface area contributed by atoms with Crippen molar-refractivity contribution in [2.75, 3.05) is 0 Å². The minimum atomic E-state index is 0.284. The topological polar surface area (TPSA) is 37.4 Å². The Balaban J connectivity index is 2.23. The van der Waals surface area contributed by atoms with Crippen LogP contribution in [0, 0.1) is 0 Å². The van der Waals surface area contributed by atoms with Crippen molar-refractivity contribution in [2.45, 2.75) is 6.54 Å². The second-order valence-corrected chi connectivity index (χ2v) is 3.65. The summed E-state index contributed by atoms with van der Waals surface area (Å²) < 4.78 is 0. The van der Waals surface area contributed by atoms with Gasteiger partial charge in [0, 0.05) is 18.3 Å². The van der Waals surface area contributed by atoms with E-state index in [1.54, 1.807) is 23.3 Å². The standard InChI is InChI=1S/C14H11NO2/c16-10-13-7-4-8-15(14(13)11-17)9-12-5-2-1-3-6-12/h1-8,10H,9H2. The van der Waals surface area contributed by atoms with Gasteiger partial charge in [0.15, 0.2) is 12.2 Å². The van der Waals surface area contributed by atoms with Crippen LogP contribution in [-0.2, 0) is 16.1 Å². The summed E-state index contributed by atoms with van der Waals surface area (Å²) in [5.41, 5.74) is 1.71. The maximum Gasteiger partial charge on any atom is 0.152 e. The van der Waals surface area contributed by atoms with Gasteiger partial charge in [0.05, 0.1) is 0 Å². The first-order valence-electron chi connectivity index (χ1n) is 5.25. The van der Waals surface area contributed by atoms with Gasteiger partial charge in [-0.1, -0.05) is 30.3 Å². The van der Waals surface area contributed by atoms with Crippen molar-refractivity contribution in [3.05, 3.63) is 65.5 Å². The molecule has 1 aromatic carbocycles. The lowest BCUT2D eigenvalue weighted by molar-refractivity contribution is -0.104. The highest BCUT2D eigenvalue weighted by Crippen LogP contribution is 2.19. The van der Waals surface area contributed by atoms with E-state index in [1.165, 1.54) is 0 Å². The Bertz CT molecular complexity index is 522. The van der Waals surface area contributed by atoms with Gasteiger partial charge in [0.25, 0.3) is 0 Å². The molecule has 17 heavy (non-hydrogen) atoms. The smallest absolute Gasteiger partial charge is 0.152 e. The van der Waals surface area contributed by atoms with Crippen LogP contribution < -0.4 is 0 Å². The molecule has 1 aliphatic rings. The molecular weight excluding hydrogens is 214 g/mol. The third kappa shape index (κ3) is 2.41. The predicted molar refractivity (Wildman–Crippen MR) is 64.5 cm³/mol. The molecule has 3 nitrogen and oxygen atoms in total. The molecule has 0 saturated heterocycles. The van der Waals surface area contributed by atoms with Gasteiger partial charge in [-0.3, -0.25) is 4.79 Å². The van der Waals surface area contributed by atoms with Crippen LogP contribution in [0.25, 0.3) is 0 Å². The van der Waals surface area contributed by atoms with Gasteiger partial charge in [-0.25, -0.2) is 4.79 Å². The number of aldehydes is 1. The average molecular weight is 225 g/mol. The number of hydrogen-bond acceptors (Lipinski definition) is 3. The molecule has 0 amide bonds. The van der Waals surface area contributed by atoms with Crippen molar-refractivity contribution in [1.82, 2.24) is 4.90 Å². The van der Waals surface area contributed by atoms with Crippen molar-refractivity contribution in [3.8, 4) is 0 Å². The molecule has 0 fully saturated rings. The van der Waals surface area contributed by atoms with Crippen LogP contribution in [0.4, 0.5) is 0 Å². The fourth-order valence-electron chi connectivity index (χ4n) is 1.69. The zero-order chi connectivity index (χ0) is 12.1.